The first-order valence-corrected chi connectivity index (χ1v) is 11.4. The van der Waals surface area contributed by atoms with Crippen molar-refractivity contribution in [2.45, 2.75) is 79.2 Å². The summed E-state index contributed by atoms with van der Waals surface area (Å²) in [6, 6.07) is 9.43. The molecular weight excluding hydrogens is 356 g/mol. The fraction of sp³-hybridized carbons (Fsp3) is 0.538. The van der Waals surface area contributed by atoms with Gasteiger partial charge >= 0.3 is 0 Å². The van der Waals surface area contributed by atoms with Crippen LogP contribution < -0.4 is 10.6 Å². The van der Waals surface area contributed by atoms with E-state index in [0.29, 0.717) is 6.54 Å². The van der Waals surface area contributed by atoms with E-state index in [1.807, 2.05) is 14.0 Å². The van der Waals surface area contributed by atoms with Crippen molar-refractivity contribution in [2.75, 3.05) is 24.2 Å². The van der Waals surface area contributed by atoms with Crippen molar-refractivity contribution >= 4 is 11.4 Å². The molecule has 0 aliphatic carbocycles. The molecule has 2 rings (SSSR count). The third kappa shape index (κ3) is 5.76. The summed E-state index contributed by atoms with van der Waals surface area (Å²) in [7, 11) is 2.02. The normalized spacial score (nSPS) is 12.1. The van der Waals surface area contributed by atoms with Gasteiger partial charge in [0.05, 0.1) is 6.10 Å². The summed E-state index contributed by atoms with van der Waals surface area (Å²) in [5, 5.41) is 16.9. The van der Waals surface area contributed by atoms with Crippen LogP contribution in [0.25, 0.3) is 0 Å². The van der Waals surface area contributed by atoms with Gasteiger partial charge in [0.2, 0.25) is 0 Å². The molecule has 160 valence electrons. The van der Waals surface area contributed by atoms with E-state index in [2.05, 4.69) is 62.6 Å². The molecule has 1 unspecified atom stereocenters. The molecule has 0 aliphatic rings. The lowest BCUT2D eigenvalue weighted by molar-refractivity contribution is 0.183. The van der Waals surface area contributed by atoms with Crippen LogP contribution in [0.3, 0.4) is 0 Å². The highest BCUT2D eigenvalue weighted by atomic mass is 16.3. The molecule has 3 nitrogen and oxygen atoms in total. The van der Waals surface area contributed by atoms with Gasteiger partial charge in [-0.25, -0.2) is 0 Å². The SMILES string of the molecule is CCc1cc(Cc2cc(CC)c(NCC(O)CC)c(CC)c2)cc(CC)c1NC. The molecule has 3 heteroatoms. The van der Waals surface area contributed by atoms with Gasteiger partial charge in [-0.3, -0.25) is 0 Å². The molecular formula is C26H40N2O. The lowest BCUT2D eigenvalue weighted by Crippen LogP contribution is -2.20. The van der Waals surface area contributed by atoms with E-state index < -0.39 is 0 Å². The Labute approximate surface area is 177 Å². The van der Waals surface area contributed by atoms with Crippen molar-refractivity contribution in [3.63, 3.8) is 0 Å². The van der Waals surface area contributed by atoms with Gasteiger partial charge in [0.25, 0.3) is 0 Å². The van der Waals surface area contributed by atoms with E-state index in [9.17, 15) is 5.11 Å². The van der Waals surface area contributed by atoms with E-state index in [4.69, 9.17) is 0 Å². The van der Waals surface area contributed by atoms with Crippen molar-refractivity contribution in [3.8, 4) is 0 Å². The number of anilines is 2. The Kier molecular flexibility index (Phi) is 9.03. The molecule has 0 spiro atoms. The molecule has 0 heterocycles. The van der Waals surface area contributed by atoms with Gasteiger partial charge in [0.1, 0.15) is 0 Å². The highest BCUT2D eigenvalue weighted by Gasteiger charge is 2.13. The zero-order valence-electron chi connectivity index (χ0n) is 19.3. The molecule has 0 saturated heterocycles. The first-order valence-electron chi connectivity index (χ1n) is 11.4. The lowest BCUT2D eigenvalue weighted by Gasteiger charge is -2.20. The summed E-state index contributed by atoms with van der Waals surface area (Å²) < 4.78 is 0. The molecule has 0 bridgehead atoms. The summed E-state index contributed by atoms with van der Waals surface area (Å²) in [6.07, 6.45) is 5.50. The zero-order valence-corrected chi connectivity index (χ0v) is 19.3. The Morgan fingerprint density at radius 2 is 1.14 bits per heavy atom. The van der Waals surface area contributed by atoms with E-state index >= 15 is 0 Å². The average Bonchev–Trinajstić information content (AvgIpc) is 2.76. The number of hydrogen-bond donors (Lipinski definition) is 3. The van der Waals surface area contributed by atoms with Crippen molar-refractivity contribution in [2.24, 2.45) is 0 Å². The molecule has 3 N–H and O–H groups in total. The Balaban J connectivity index is 2.38. The molecule has 1 atom stereocenters. The second-order valence-electron chi connectivity index (χ2n) is 7.86. The molecule has 0 saturated carbocycles. The summed E-state index contributed by atoms with van der Waals surface area (Å²) in [5.41, 5.74) is 10.8. The molecule has 2 aromatic carbocycles. The molecule has 0 aromatic heterocycles. The topological polar surface area (TPSA) is 44.3 Å². The van der Waals surface area contributed by atoms with Gasteiger partial charge in [-0.05, 0) is 71.9 Å². The van der Waals surface area contributed by atoms with Gasteiger partial charge in [0, 0.05) is 25.0 Å². The second-order valence-corrected chi connectivity index (χ2v) is 7.86. The minimum Gasteiger partial charge on any atom is -0.391 e. The fourth-order valence-corrected chi connectivity index (χ4v) is 4.15. The maximum Gasteiger partial charge on any atom is 0.0709 e. The quantitative estimate of drug-likeness (QED) is 0.453. The van der Waals surface area contributed by atoms with Crippen molar-refractivity contribution in [3.05, 3.63) is 57.6 Å². The van der Waals surface area contributed by atoms with Crippen LogP contribution in [-0.2, 0) is 32.1 Å². The van der Waals surface area contributed by atoms with Crippen LogP contribution in [-0.4, -0.2) is 24.8 Å². The highest BCUT2D eigenvalue weighted by molar-refractivity contribution is 5.62. The van der Waals surface area contributed by atoms with Gasteiger partial charge in [-0.2, -0.15) is 0 Å². The van der Waals surface area contributed by atoms with E-state index in [-0.39, 0.29) is 6.10 Å². The van der Waals surface area contributed by atoms with Crippen LogP contribution in [0.15, 0.2) is 24.3 Å². The Bertz CT molecular complexity index is 747. The van der Waals surface area contributed by atoms with E-state index in [1.165, 1.54) is 44.8 Å². The standard InChI is InChI=1S/C26H40N2O/c1-7-20-13-18(14-21(8-2)25(20)27-6)12-19-15-22(9-3)26(23(10-4)16-19)28-17-24(29)11-5/h13-16,24,27-29H,7-12,17H2,1-6H3. The summed E-state index contributed by atoms with van der Waals surface area (Å²) in [4.78, 5) is 0. The molecule has 2 aromatic rings. The van der Waals surface area contributed by atoms with Crippen molar-refractivity contribution < 1.29 is 5.11 Å². The molecule has 0 amide bonds. The zero-order chi connectivity index (χ0) is 21.4. The number of rotatable bonds is 11. The van der Waals surface area contributed by atoms with Crippen LogP contribution in [0.2, 0.25) is 0 Å². The van der Waals surface area contributed by atoms with Crippen LogP contribution in [0.1, 0.15) is 74.4 Å². The van der Waals surface area contributed by atoms with Gasteiger partial charge in [-0.15, -0.1) is 0 Å². The van der Waals surface area contributed by atoms with Crippen LogP contribution in [0.4, 0.5) is 11.4 Å². The monoisotopic (exact) mass is 396 g/mol. The largest absolute Gasteiger partial charge is 0.391 e. The summed E-state index contributed by atoms with van der Waals surface area (Å²) in [6.45, 7) is 11.5. The summed E-state index contributed by atoms with van der Waals surface area (Å²) in [5.74, 6) is 0. The number of nitrogens with one attached hydrogen (secondary N) is 2. The predicted octanol–water partition coefficient (Wildman–Crippen LogP) is 5.75. The third-order valence-electron chi connectivity index (χ3n) is 5.89. The van der Waals surface area contributed by atoms with E-state index in [0.717, 1.165) is 38.5 Å². The van der Waals surface area contributed by atoms with Crippen LogP contribution in [0.5, 0.6) is 0 Å². The second kappa shape index (κ2) is 11.3. The number of aliphatic hydroxyl groups is 1. The van der Waals surface area contributed by atoms with Gasteiger partial charge in [0.15, 0.2) is 0 Å². The molecule has 29 heavy (non-hydrogen) atoms. The van der Waals surface area contributed by atoms with Crippen LogP contribution >= 0.6 is 0 Å². The Hall–Kier alpha value is -2.00. The average molecular weight is 397 g/mol. The summed E-state index contributed by atoms with van der Waals surface area (Å²) >= 11 is 0. The van der Waals surface area contributed by atoms with Crippen molar-refractivity contribution in [1.82, 2.24) is 0 Å². The Morgan fingerprint density at radius 1 is 0.724 bits per heavy atom. The van der Waals surface area contributed by atoms with E-state index in [1.54, 1.807) is 0 Å². The van der Waals surface area contributed by atoms with Gasteiger partial charge in [-0.1, -0.05) is 58.9 Å². The number of hydrogen-bond acceptors (Lipinski definition) is 3. The van der Waals surface area contributed by atoms with Crippen LogP contribution in [0, 0.1) is 0 Å². The minimum atomic E-state index is -0.297. The molecule has 0 radical (unpaired) electrons. The number of aliphatic hydroxyl groups excluding tert-OH is 1. The maximum absolute atomic E-state index is 9.97. The fourth-order valence-electron chi connectivity index (χ4n) is 4.15. The Morgan fingerprint density at radius 3 is 1.48 bits per heavy atom. The first kappa shape index (κ1) is 23.3. The third-order valence-corrected chi connectivity index (χ3v) is 5.89. The minimum absolute atomic E-state index is 0.297. The highest BCUT2D eigenvalue weighted by Crippen LogP contribution is 2.29. The lowest BCUT2D eigenvalue weighted by atomic mass is 9.92. The molecule has 0 aliphatic heterocycles. The van der Waals surface area contributed by atoms with Crippen molar-refractivity contribution in [1.29, 1.82) is 0 Å². The number of benzene rings is 2. The number of aryl methyl sites for hydroxylation is 4. The predicted molar refractivity (Wildman–Crippen MR) is 128 cm³/mol. The first-order chi connectivity index (χ1) is 14.0. The maximum atomic E-state index is 9.97. The van der Waals surface area contributed by atoms with Gasteiger partial charge < -0.3 is 15.7 Å². The molecule has 0 fully saturated rings. The smallest absolute Gasteiger partial charge is 0.0709 e.